The molecule has 0 spiro atoms. The summed E-state index contributed by atoms with van der Waals surface area (Å²) in [7, 11) is 2.03. The van der Waals surface area contributed by atoms with Crippen molar-refractivity contribution in [2.45, 2.75) is 25.9 Å². The summed E-state index contributed by atoms with van der Waals surface area (Å²) in [5, 5.41) is 17.4. The lowest BCUT2D eigenvalue weighted by atomic mass is 10.1. The van der Waals surface area contributed by atoms with Crippen LogP contribution in [0.4, 0.5) is 5.69 Å². The van der Waals surface area contributed by atoms with Crippen molar-refractivity contribution in [2.75, 3.05) is 25.5 Å². The van der Waals surface area contributed by atoms with E-state index in [1.54, 1.807) is 30.3 Å². The molecule has 1 aliphatic heterocycles. The zero-order valence-corrected chi connectivity index (χ0v) is 21.8. The van der Waals surface area contributed by atoms with Crippen LogP contribution in [0.1, 0.15) is 52.4 Å². The summed E-state index contributed by atoms with van der Waals surface area (Å²) in [4.78, 5) is 46.4. The highest BCUT2D eigenvalue weighted by Gasteiger charge is 2.22. The van der Waals surface area contributed by atoms with Gasteiger partial charge in [-0.1, -0.05) is 17.7 Å². The molecule has 0 saturated heterocycles. The number of halogens is 1. The molecule has 0 aliphatic carbocycles. The minimum Gasteiger partial charge on any atom is -0.351 e. The average Bonchev–Trinajstić information content (AvgIpc) is 3.49. The van der Waals surface area contributed by atoms with Crippen molar-refractivity contribution < 1.29 is 14.4 Å². The lowest BCUT2D eigenvalue weighted by Gasteiger charge is -2.20. The van der Waals surface area contributed by atoms with Crippen LogP contribution < -0.4 is 16.0 Å². The number of nitrogens with one attached hydrogen (secondary N) is 3. The third kappa shape index (κ3) is 6.27. The van der Waals surface area contributed by atoms with Gasteiger partial charge in [0.1, 0.15) is 0 Å². The molecule has 4 rings (SSSR count). The number of anilines is 1. The molecule has 1 aliphatic rings. The number of aromatic nitrogens is 1. The Bertz CT molecular complexity index is 1350. The predicted octanol–water partition coefficient (Wildman–Crippen LogP) is 3.67. The molecule has 12 heteroatoms. The molecule has 3 amide bonds. The van der Waals surface area contributed by atoms with E-state index in [0.29, 0.717) is 31.0 Å². The van der Waals surface area contributed by atoms with Crippen molar-refractivity contribution in [3.63, 3.8) is 0 Å². The normalized spacial score (nSPS) is 12.9. The van der Waals surface area contributed by atoms with Gasteiger partial charge in [-0.25, -0.2) is 4.98 Å². The summed E-state index contributed by atoms with van der Waals surface area (Å²) in [6.07, 6.45) is 0.980. The van der Waals surface area contributed by atoms with Crippen LogP contribution >= 0.6 is 34.3 Å². The van der Waals surface area contributed by atoms with Gasteiger partial charge >= 0.3 is 0 Å². The monoisotopic (exact) mass is 542 g/mol. The van der Waals surface area contributed by atoms with E-state index in [2.05, 4.69) is 25.8 Å². The van der Waals surface area contributed by atoms with Gasteiger partial charge in [-0.15, -0.1) is 22.7 Å². The van der Waals surface area contributed by atoms with E-state index in [9.17, 15) is 14.4 Å². The number of thiophene rings is 1. The van der Waals surface area contributed by atoms with E-state index < -0.39 is 0 Å². The van der Waals surface area contributed by atoms with Gasteiger partial charge in [-0.3, -0.25) is 14.4 Å². The fraction of sp³-hybridized carbons (Fsp3) is 0.292. The number of rotatable bonds is 8. The number of carbonyl (C=O) groups is 3. The molecular formula is C24H23ClN6O3S2. The molecule has 186 valence electrons. The summed E-state index contributed by atoms with van der Waals surface area (Å²) in [6, 6.07) is 10.1. The number of thiazole rings is 1. The Balaban J connectivity index is 1.54. The van der Waals surface area contributed by atoms with Gasteiger partial charge in [0.2, 0.25) is 0 Å². The number of nitrogens with zero attached hydrogens (tertiary/aromatic N) is 3. The van der Waals surface area contributed by atoms with E-state index in [-0.39, 0.29) is 37.2 Å². The summed E-state index contributed by atoms with van der Waals surface area (Å²) in [5.41, 5.74) is 2.27. The van der Waals surface area contributed by atoms with Crippen LogP contribution in [-0.4, -0.2) is 47.7 Å². The van der Waals surface area contributed by atoms with Crippen LogP contribution in [0.3, 0.4) is 0 Å². The minimum absolute atomic E-state index is 0.124. The predicted molar refractivity (Wildman–Crippen MR) is 140 cm³/mol. The fourth-order valence-corrected chi connectivity index (χ4v) is 5.66. The van der Waals surface area contributed by atoms with Gasteiger partial charge in [-0.05, 0) is 36.9 Å². The number of hydrogen-bond acceptors (Lipinski definition) is 8. The lowest BCUT2D eigenvalue weighted by Crippen LogP contribution is -2.26. The molecule has 0 fully saturated rings. The zero-order chi connectivity index (χ0) is 25.7. The van der Waals surface area contributed by atoms with Gasteiger partial charge in [-0.2, -0.15) is 5.26 Å². The molecule has 0 bridgehead atoms. The maximum absolute atomic E-state index is 13.1. The second kappa shape index (κ2) is 11.6. The highest BCUT2D eigenvalue weighted by Crippen LogP contribution is 2.26. The third-order valence-electron chi connectivity index (χ3n) is 5.50. The number of likely N-dealkylation sites (N-methyl/N-ethyl adjacent to an activating group) is 1. The second-order valence-electron chi connectivity index (χ2n) is 8.15. The Morgan fingerprint density at radius 1 is 1.14 bits per heavy atom. The van der Waals surface area contributed by atoms with Crippen LogP contribution in [0.15, 0.2) is 30.3 Å². The van der Waals surface area contributed by atoms with Crippen molar-refractivity contribution in [1.82, 2.24) is 20.5 Å². The third-order valence-corrected chi connectivity index (χ3v) is 7.81. The average molecular weight is 543 g/mol. The van der Waals surface area contributed by atoms with E-state index in [4.69, 9.17) is 16.9 Å². The highest BCUT2D eigenvalue weighted by atomic mass is 35.5. The number of amides is 3. The summed E-state index contributed by atoms with van der Waals surface area (Å²) < 4.78 is 0.511. The van der Waals surface area contributed by atoms with Crippen LogP contribution in [0.5, 0.6) is 0 Å². The number of carbonyl (C=O) groups excluding carboxylic acids is 3. The smallest absolute Gasteiger partial charge is 0.284 e. The van der Waals surface area contributed by atoms with Crippen molar-refractivity contribution in [3.05, 3.63) is 66.3 Å². The van der Waals surface area contributed by atoms with Gasteiger partial charge in [0, 0.05) is 48.7 Å². The summed E-state index contributed by atoms with van der Waals surface area (Å²) in [5.74, 6) is -1.03. The standard InChI is InChI=1S/C24H23ClN6O3S2/c1-31-10-7-16-19(13-31)36-24(30-16)23(34)29-17-11-14(21(32)27-9-2-8-26)3-4-15(17)12-28-22(33)18-5-6-20(25)35-18/h3-6,11H,2,7,9-10,12-13H2,1H3,(H,27,32)(H,28,33)(H,29,34). The first-order valence-electron chi connectivity index (χ1n) is 11.1. The first-order valence-corrected chi connectivity index (χ1v) is 13.1. The number of benzene rings is 1. The van der Waals surface area contributed by atoms with E-state index >= 15 is 0 Å². The molecule has 3 aromatic rings. The van der Waals surface area contributed by atoms with Crippen LogP contribution in [-0.2, 0) is 19.5 Å². The molecular weight excluding hydrogens is 520 g/mol. The molecule has 3 heterocycles. The minimum atomic E-state index is -0.378. The first kappa shape index (κ1) is 25.8. The zero-order valence-electron chi connectivity index (χ0n) is 19.4. The summed E-state index contributed by atoms with van der Waals surface area (Å²) >= 11 is 8.46. The van der Waals surface area contributed by atoms with Crippen LogP contribution in [0.25, 0.3) is 0 Å². The highest BCUT2D eigenvalue weighted by molar-refractivity contribution is 7.18. The van der Waals surface area contributed by atoms with Gasteiger partial charge in [0.05, 0.1) is 27.4 Å². The molecule has 2 aromatic heterocycles. The largest absolute Gasteiger partial charge is 0.351 e. The number of fused-ring (bicyclic) bond motifs is 1. The molecule has 0 saturated carbocycles. The molecule has 0 atom stereocenters. The Morgan fingerprint density at radius 3 is 2.72 bits per heavy atom. The number of nitriles is 1. The molecule has 1 aromatic carbocycles. The molecule has 36 heavy (non-hydrogen) atoms. The van der Waals surface area contributed by atoms with Crippen molar-refractivity contribution in [1.29, 1.82) is 5.26 Å². The van der Waals surface area contributed by atoms with Crippen LogP contribution in [0.2, 0.25) is 4.34 Å². The molecule has 3 N–H and O–H groups in total. The van der Waals surface area contributed by atoms with Gasteiger partial charge < -0.3 is 20.9 Å². The Morgan fingerprint density at radius 2 is 1.97 bits per heavy atom. The number of hydrogen-bond donors (Lipinski definition) is 3. The molecule has 9 nitrogen and oxygen atoms in total. The molecule has 0 unspecified atom stereocenters. The van der Waals surface area contributed by atoms with E-state index in [1.807, 2.05) is 13.1 Å². The fourth-order valence-electron chi connectivity index (χ4n) is 3.62. The Labute approximate surface area is 221 Å². The maximum atomic E-state index is 13.1. The van der Waals surface area contributed by atoms with E-state index in [1.165, 1.54) is 22.7 Å². The Hall–Kier alpha value is -3.30. The lowest BCUT2D eigenvalue weighted by molar-refractivity contribution is 0.0945. The molecule has 0 radical (unpaired) electrons. The topological polar surface area (TPSA) is 127 Å². The van der Waals surface area contributed by atoms with Gasteiger partial charge in [0.25, 0.3) is 17.7 Å². The Kier molecular flexibility index (Phi) is 8.32. The quantitative estimate of drug-likeness (QED) is 0.373. The SMILES string of the molecule is CN1CCc2nc(C(=O)Nc3cc(C(=O)NCCC#N)ccc3CNC(=O)c3ccc(Cl)s3)sc2C1. The van der Waals surface area contributed by atoms with E-state index in [0.717, 1.165) is 30.1 Å². The van der Waals surface area contributed by atoms with Crippen molar-refractivity contribution >= 4 is 57.7 Å². The van der Waals surface area contributed by atoms with Gasteiger partial charge in [0.15, 0.2) is 5.01 Å². The van der Waals surface area contributed by atoms with Crippen molar-refractivity contribution in [3.8, 4) is 6.07 Å². The summed E-state index contributed by atoms with van der Waals surface area (Å²) in [6.45, 7) is 1.99. The second-order valence-corrected chi connectivity index (χ2v) is 11.0. The first-order chi connectivity index (χ1) is 17.3. The van der Waals surface area contributed by atoms with Crippen molar-refractivity contribution in [2.24, 2.45) is 0 Å². The maximum Gasteiger partial charge on any atom is 0.284 e. The van der Waals surface area contributed by atoms with Crippen LogP contribution in [0, 0.1) is 11.3 Å².